The van der Waals surface area contributed by atoms with E-state index in [0.717, 1.165) is 25.1 Å². The van der Waals surface area contributed by atoms with Crippen molar-refractivity contribution in [1.82, 2.24) is 0 Å². The first-order valence-corrected chi connectivity index (χ1v) is 7.19. The summed E-state index contributed by atoms with van der Waals surface area (Å²) in [6.45, 7) is 5.75. The van der Waals surface area contributed by atoms with E-state index in [4.69, 9.17) is 9.47 Å². The molecule has 4 heteroatoms. The van der Waals surface area contributed by atoms with Gasteiger partial charge in [-0.05, 0) is 38.8 Å². The molecule has 4 nitrogen and oxygen atoms in total. The maximum absolute atomic E-state index is 11.9. The molecule has 1 unspecified atom stereocenters. The summed E-state index contributed by atoms with van der Waals surface area (Å²) in [7, 11) is 1.42. The van der Waals surface area contributed by atoms with Crippen molar-refractivity contribution in [3.8, 4) is 0 Å². The SMILES string of the molecule is COC(=O)c1ccccc1N1CCCC1COC(C)C. The molecule has 1 heterocycles. The molecule has 1 saturated heterocycles. The number of benzene rings is 1. The molecule has 0 bridgehead atoms. The first-order chi connectivity index (χ1) is 9.63. The third-order valence-corrected chi connectivity index (χ3v) is 3.62. The number of esters is 1. The van der Waals surface area contributed by atoms with Gasteiger partial charge in [0.2, 0.25) is 0 Å². The molecule has 1 fully saturated rings. The lowest BCUT2D eigenvalue weighted by molar-refractivity contribution is 0.0598. The molecule has 0 spiro atoms. The molecule has 2 rings (SSSR count). The van der Waals surface area contributed by atoms with Crippen molar-refractivity contribution in [1.29, 1.82) is 0 Å². The molecule has 1 aliphatic rings. The molecule has 0 amide bonds. The molecular weight excluding hydrogens is 254 g/mol. The lowest BCUT2D eigenvalue weighted by Crippen LogP contribution is -2.35. The van der Waals surface area contributed by atoms with E-state index in [-0.39, 0.29) is 12.1 Å². The average molecular weight is 277 g/mol. The van der Waals surface area contributed by atoms with Crippen LogP contribution in [0.4, 0.5) is 5.69 Å². The highest BCUT2D eigenvalue weighted by Crippen LogP contribution is 2.29. The number of hydrogen-bond acceptors (Lipinski definition) is 4. The molecule has 1 aromatic carbocycles. The van der Waals surface area contributed by atoms with Gasteiger partial charge in [-0.3, -0.25) is 0 Å². The smallest absolute Gasteiger partial charge is 0.339 e. The minimum atomic E-state index is -0.281. The quantitative estimate of drug-likeness (QED) is 0.776. The molecular formula is C16H23NO3. The zero-order chi connectivity index (χ0) is 14.5. The number of methoxy groups -OCH3 is 1. The number of nitrogens with zero attached hydrogens (tertiary/aromatic N) is 1. The van der Waals surface area contributed by atoms with Gasteiger partial charge in [-0.15, -0.1) is 0 Å². The Kier molecular flexibility index (Phi) is 5.01. The van der Waals surface area contributed by atoms with Crippen molar-refractivity contribution in [2.75, 3.05) is 25.2 Å². The first kappa shape index (κ1) is 14.9. The van der Waals surface area contributed by atoms with E-state index in [9.17, 15) is 4.79 Å². The normalized spacial score (nSPS) is 18.6. The van der Waals surface area contributed by atoms with Crippen molar-refractivity contribution in [3.63, 3.8) is 0 Å². The molecule has 1 aromatic rings. The van der Waals surface area contributed by atoms with Crippen LogP contribution in [0.3, 0.4) is 0 Å². The van der Waals surface area contributed by atoms with Crippen molar-refractivity contribution >= 4 is 11.7 Å². The van der Waals surface area contributed by atoms with Crippen LogP contribution in [0.1, 0.15) is 37.0 Å². The second-order valence-corrected chi connectivity index (χ2v) is 5.38. The summed E-state index contributed by atoms with van der Waals surface area (Å²) in [6.07, 6.45) is 2.46. The van der Waals surface area contributed by atoms with Gasteiger partial charge in [-0.1, -0.05) is 12.1 Å². The topological polar surface area (TPSA) is 38.8 Å². The molecule has 0 aliphatic carbocycles. The van der Waals surface area contributed by atoms with Crippen LogP contribution in [0.15, 0.2) is 24.3 Å². The fourth-order valence-electron chi connectivity index (χ4n) is 2.64. The number of carbonyl (C=O) groups excluding carboxylic acids is 1. The first-order valence-electron chi connectivity index (χ1n) is 7.19. The fourth-order valence-corrected chi connectivity index (χ4v) is 2.64. The summed E-state index contributed by atoms with van der Waals surface area (Å²) >= 11 is 0. The Balaban J connectivity index is 2.19. The van der Waals surface area contributed by atoms with Crippen LogP contribution >= 0.6 is 0 Å². The summed E-state index contributed by atoms with van der Waals surface area (Å²) in [4.78, 5) is 14.2. The summed E-state index contributed by atoms with van der Waals surface area (Å²) in [6, 6.07) is 7.97. The Morgan fingerprint density at radius 3 is 2.85 bits per heavy atom. The van der Waals surface area contributed by atoms with Gasteiger partial charge in [0.15, 0.2) is 0 Å². The average Bonchev–Trinajstić information content (AvgIpc) is 2.92. The van der Waals surface area contributed by atoms with Gasteiger partial charge in [-0.25, -0.2) is 4.79 Å². The second-order valence-electron chi connectivity index (χ2n) is 5.38. The Morgan fingerprint density at radius 2 is 2.15 bits per heavy atom. The number of para-hydroxylation sites is 1. The van der Waals surface area contributed by atoms with Crippen LogP contribution < -0.4 is 4.90 Å². The van der Waals surface area contributed by atoms with Crippen LogP contribution in [-0.2, 0) is 9.47 Å². The third kappa shape index (κ3) is 3.31. The summed E-state index contributed by atoms with van der Waals surface area (Å²) < 4.78 is 10.6. The maximum atomic E-state index is 11.9. The Morgan fingerprint density at radius 1 is 1.40 bits per heavy atom. The third-order valence-electron chi connectivity index (χ3n) is 3.62. The van der Waals surface area contributed by atoms with Gasteiger partial charge in [0.25, 0.3) is 0 Å². The van der Waals surface area contributed by atoms with E-state index in [2.05, 4.69) is 4.90 Å². The predicted octanol–water partition coefficient (Wildman–Crippen LogP) is 2.87. The van der Waals surface area contributed by atoms with Gasteiger partial charge in [0.1, 0.15) is 0 Å². The van der Waals surface area contributed by atoms with E-state index >= 15 is 0 Å². The molecule has 0 saturated carbocycles. The molecule has 1 aliphatic heterocycles. The summed E-state index contributed by atoms with van der Waals surface area (Å²) in [5.41, 5.74) is 1.58. The van der Waals surface area contributed by atoms with Crippen LogP contribution in [0, 0.1) is 0 Å². The van der Waals surface area contributed by atoms with E-state index in [1.54, 1.807) is 0 Å². The van der Waals surface area contributed by atoms with Crippen molar-refractivity contribution in [3.05, 3.63) is 29.8 Å². The minimum absolute atomic E-state index is 0.230. The zero-order valence-electron chi connectivity index (χ0n) is 12.5. The molecule has 1 atom stereocenters. The van der Waals surface area contributed by atoms with Gasteiger partial charge in [0.05, 0.1) is 37.1 Å². The van der Waals surface area contributed by atoms with Crippen molar-refractivity contribution in [2.45, 2.75) is 38.8 Å². The van der Waals surface area contributed by atoms with Crippen molar-refractivity contribution < 1.29 is 14.3 Å². The lowest BCUT2D eigenvalue weighted by atomic mass is 10.1. The monoisotopic (exact) mass is 277 g/mol. The number of hydrogen-bond donors (Lipinski definition) is 0. The largest absolute Gasteiger partial charge is 0.465 e. The van der Waals surface area contributed by atoms with Gasteiger partial charge in [-0.2, -0.15) is 0 Å². The Bertz CT molecular complexity index is 459. The van der Waals surface area contributed by atoms with E-state index in [0.29, 0.717) is 18.2 Å². The van der Waals surface area contributed by atoms with Gasteiger partial charge < -0.3 is 14.4 Å². The minimum Gasteiger partial charge on any atom is -0.465 e. The molecule has 0 radical (unpaired) electrons. The number of rotatable bonds is 5. The lowest BCUT2D eigenvalue weighted by Gasteiger charge is -2.28. The van der Waals surface area contributed by atoms with Crippen LogP contribution in [0.5, 0.6) is 0 Å². The van der Waals surface area contributed by atoms with E-state index in [1.807, 2.05) is 38.1 Å². The van der Waals surface area contributed by atoms with E-state index in [1.165, 1.54) is 7.11 Å². The molecule has 0 N–H and O–H groups in total. The number of carbonyl (C=O) groups is 1. The highest BCUT2D eigenvalue weighted by atomic mass is 16.5. The molecule has 20 heavy (non-hydrogen) atoms. The predicted molar refractivity (Wildman–Crippen MR) is 79.2 cm³/mol. The summed E-state index contributed by atoms with van der Waals surface area (Å²) in [5, 5.41) is 0. The second kappa shape index (κ2) is 6.75. The van der Waals surface area contributed by atoms with Crippen molar-refractivity contribution in [2.24, 2.45) is 0 Å². The van der Waals surface area contributed by atoms with Gasteiger partial charge in [0, 0.05) is 6.54 Å². The number of anilines is 1. The van der Waals surface area contributed by atoms with Crippen LogP contribution in [0.2, 0.25) is 0 Å². The summed E-state index contributed by atoms with van der Waals surface area (Å²) in [5.74, 6) is -0.281. The highest BCUT2D eigenvalue weighted by Gasteiger charge is 2.28. The Labute approximate surface area is 120 Å². The highest BCUT2D eigenvalue weighted by molar-refractivity contribution is 5.95. The Hall–Kier alpha value is -1.55. The van der Waals surface area contributed by atoms with Gasteiger partial charge >= 0.3 is 5.97 Å². The maximum Gasteiger partial charge on any atom is 0.339 e. The molecule has 110 valence electrons. The number of ether oxygens (including phenoxy) is 2. The fraction of sp³-hybridized carbons (Fsp3) is 0.562. The zero-order valence-corrected chi connectivity index (χ0v) is 12.5. The van der Waals surface area contributed by atoms with Crippen LogP contribution in [-0.4, -0.2) is 38.4 Å². The van der Waals surface area contributed by atoms with Crippen LogP contribution in [0.25, 0.3) is 0 Å². The van der Waals surface area contributed by atoms with E-state index < -0.39 is 0 Å². The standard InChI is InChI=1S/C16H23NO3/c1-12(2)20-11-13-7-6-10-17(13)15-9-5-4-8-14(15)16(18)19-3/h4-5,8-9,12-13H,6-7,10-11H2,1-3H3. The molecule has 0 aromatic heterocycles.